The number of hydrogen-bond donors (Lipinski definition) is 1. The molecule has 0 spiro atoms. The summed E-state index contributed by atoms with van der Waals surface area (Å²) < 4.78 is 0. The third kappa shape index (κ3) is 3.82. The highest BCUT2D eigenvalue weighted by atomic mass is 15.1. The van der Waals surface area contributed by atoms with Crippen LogP contribution in [-0.2, 0) is 0 Å². The molecule has 0 radical (unpaired) electrons. The highest BCUT2D eigenvalue weighted by molar-refractivity contribution is 5.48. The summed E-state index contributed by atoms with van der Waals surface area (Å²) in [7, 11) is 0. The van der Waals surface area contributed by atoms with Crippen molar-refractivity contribution in [3.05, 3.63) is 59.7 Å². The third-order valence-electron chi connectivity index (χ3n) is 4.66. The molecule has 0 atom stereocenters. The van der Waals surface area contributed by atoms with Crippen LogP contribution in [0.2, 0.25) is 0 Å². The van der Waals surface area contributed by atoms with Crippen molar-refractivity contribution in [3.63, 3.8) is 0 Å². The zero-order valence-corrected chi connectivity index (χ0v) is 13.7. The molecule has 0 unspecified atom stereocenters. The summed E-state index contributed by atoms with van der Waals surface area (Å²) in [5, 5.41) is 3.59. The van der Waals surface area contributed by atoms with Crippen LogP contribution in [0, 0.1) is 19.8 Å². The van der Waals surface area contributed by atoms with Gasteiger partial charge in [0.15, 0.2) is 0 Å². The number of aryl methyl sites for hydroxylation is 2. The van der Waals surface area contributed by atoms with Gasteiger partial charge in [0.1, 0.15) is 0 Å². The Bertz CT molecular complexity index is 578. The number of nitrogens with zero attached hydrogens (tertiary/aromatic N) is 1. The second-order valence-corrected chi connectivity index (χ2v) is 6.51. The van der Waals surface area contributed by atoms with Crippen molar-refractivity contribution < 1.29 is 0 Å². The number of nitrogens with one attached hydrogen (secondary N) is 1. The van der Waals surface area contributed by atoms with E-state index in [0.717, 1.165) is 12.5 Å². The van der Waals surface area contributed by atoms with Crippen LogP contribution in [0.3, 0.4) is 0 Å². The van der Waals surface area contributed by atoms with Crippen molar-refractivity contribution >= 4 is 11.4 Å². The van der Waals surface area contributed by atoms with Crippen molar-refractivity contribution in [1.82, 2.24) is 0 Å². The van der Waals surface area contributed by atoms with E-state index in [1.54, 1.807) is 0 Å². The predicted molar refractivity (Wildman–Crippen MR) is 95.8 cm³/mol. The van der Waals surface area contributed by atoms with Crippen LogP contribution < -0.4 is 10.2 Å². The van der Waals surface area contributed by atoms with Crippen LogP contribution >= 0.6 is 0 Å². The molecule has 2 heteroatoms. The van der Waals surface area contributed by atoms with Gasteiger partial charge in [-0.25, -0.2) is 0 Å². The maximum Gasteiger partial charge on any atom is 0.0366 e. The molecule has 1 aliphatic rings. The van der Waals surface area contributed by atoms with E-state index in [1.165, 1.54) is 48.4 Å². The minimum absolute atomic E-state index is 0.781. The van der Waals surface area contributed by atoms with Gasteiger partial charge in [0.25, 0.3) is 0 Å². The molecule has 2 aromatic rings. The molecule has 0 aromatic heterocycles. The highest BCUT2D eigenvalue weighted by Gasteiger charge is 2.19. The number of piperidine rings is 1. The van der Waals surface area contributed by atoms with Gasteiger partial charge in [-0.1, -0.05) is 35.4 Å². The van der Waals surface area contributed by atoms with Crippen LogP contribution in [-0.4, -0.2) is 19.6 Å². The lowest BCUT2D eigenvalue weighted by molar-refractivity contribution is 0.423. The Kier molecular flexibility index (Phi) is 4.67. The first kappa shape index (κ1) is 15.0. The van der Waals surface area contributed by atoms with Gasteiger partial charge in [0.05, 0.1) is 0 Å². The zero-order chi connectivity index (χ0) is 15.4. The lowest BCUT2D eigenvalue weighted by Crippen LogP contribution is -2.35. The number of hydrogen-bond acceptors (Lipinski definition) is 2. The van der Waals surface area contributed by atoms with Gasteiger partial charge in [-0.3, -0.25) is 0 Å². The van der Waals surface area contributed by atoms with Gasteiger partial charge >= 0.3 is 0 Å². The first-order valence-corrected chi connectivity index (χ1v) is 8.33. The molecule has 1 saturated heterocycles. The molecule has 116 valence electrons. The zero-order valence-electron chi connectivity index (χ0n) is 13.7. The Labute approximate surface area is 134 Å². The Morgan fingerprint density at radius 1 is 0.864 bits per heavy atom. The van der Waals surface area contributed by atoms with Gasteiger partial charge in [-0.05, 0) is 56.9 Å². The van der Waals surface area contributed by atoms with Crippen LogP contribution in [0.15, 0.2) is 48.5 Å². The molecule has 1 heterocycles. The lowest BCUT2D eigenvalue weighted by atomic mass is 9.96. The quantitative estimate of drug-likeness (QED) is 0.884. The minimum atomic E-state index is 0.781. The normalized spacial score (nSPS) is 15.8. The smallest absolute Gasteiger partial charge is 0.0366 e. The molecule has 0 aliphatic carbocycles. The fourth-order valence-corrected chi connectivity index (χ4v) is 3.08. The maximum absolute atomic E-state index is 3.59. The fraction of sp³-hybridized carbons (Fsp3) is 0.400. The highest BCUT2D eigenvalue weighted by Crippen LogP contribution is 2.24. The van der Waals surface area contributed by atoms with E-state index in [9.17, 15) is 0 Å². The SMILES string of the molecule is Cc1ccc(NCC2CCN(c3ccc(C)cc3)CC2)cc1. The van der Waals surface area contributed by atoms with E-state index >= 15 is 0 Å². The van der Waals surface area contributed by atoms with E-state index in [2.05, 4.69) is 72.6 Å². The van der Waals surface area contributed by atoms with Gasteiger partial charge < -0.3 is 10.2 Å². The molecule has 2 nitrogen and oxygen atoms in total. The second kappa shape index (κ2) is 6.87. The van der Waals surface area contributed by atoms with Gasteiger partial charge in [0.2, 0.25) is 0 Å². The minimum Gasteiger partial charge on any atom is -0.385 e. The van der Waals surface area contributed by atoms with E-state index < -0.39 is 0 Å². The Hall–Kier alpha value is -1.96. The molecule has 0 saturated carbocycles. The molecule has 1 aliphatic heterocycles. The summed E-state index contributed by atoms with van der Waals surface area (Å²) in [6.45, 7) is 7.70. The summed E-state index contributed by atoms with van der Waals surface area (Å²) in [6.07, 6.45) is 2.54. The standard InChI is InChI=1S/C20H26N2/c1-16-3-7-19(8-4-16)21-15-18-11-13-22(14-12-18)20-9-5-17(2)6-10-20/h3-10,18,21H,11-15H2,1-2H3. The Morgan fingerprint density at radius 3 is 2.00 bits per heavy atom. The number of benzene rings is 2. The van der Waals surface area contributed by atoms with Crippen LogP contribution in [0.4, 0.5) is 11.4 Å². The molecular weight excluding hydrogens is 268 g/mol. The largest absolute Gasteiger partial charge is 0.385 e. The van der Waals surface area contributed by atoms with Crippen molar-refractivity contribution in [2.24, 2.45) is 5.92 Å². The van der Waals surface area contributed by atoms with Gasteiger partial charge in [0, 0.05) is 31.0 Å². The molecule has 0 amide bonds. The lowest BCUT2D eigenvalue weighted by Gasteiger charge is -2.34. The summed E-state index contributed by atoms with van der Waals surface area (Å²) in [4.78, 5) is 2.52. The van der Waals surface area contributed by atoms with Crippen LogP contribution in [0.5, 0.6) is 0 Å². The average Bonchev–Trinajstić information content (AvgIpc) is 2.56. The fourth-order valence-electron chi connectivity index (χ4n) is 3.08. The number of anilines is 2. The topological polar surface area (TPSA) is 15.3 Å². The van der Waals surface area contributed by atoms with Crippen molar-refractivity contribution in [2.75, 3.05) is 29.9 Å². The summed E-state index contributed by atoms with van der Waals surface area (Å²) in [5.74, 6) is 0.781. The number of rotatable bonds is 4. The molecule has 1 N–H and O–H groups in total. The Balaban J connectivity index is 1.47. The van der Waals surface area contributed by atoms with Crippen LogP contribution in [0.1, 0.15) is 24.0 Å². The van der Waals surface area contributed by atoms with E-state index in [-0.39, 0.29) is 0 Å². The summed E-state index contributed by atoms with van der Waals surface area (Å²) in [6, 6.07) is 17.6. The van der Waals surface area contributed by atoms with Gasteiger partial charge in [-0.2, -0.15) is 0 Å². The van der Waals surface area contributed by atoms with Crippen molar-refractivity contribution in [3.8, 4) is 0 Å². The van der Waals surface area contributed by atoms with E-state index in [1.807, 2.05) is 0 Å². The summed E-state index contributed by atoms with van der Waals surface area (Å²) in [5.41, 5.74) is 5.26. The van der Waals surface area contributed by atoms with E-state index in [0.29, 0.717) is 0 Å². The summed E-state index contributed by atoms with van der Waals surface area (Å²) >= 11 is 0. The molecule has 3 rings (SSSR count). The molecule has 22 heavy (non-hydrogen) atoms. The molecular formula is C20H26N2. The van der Waals surface area contributed by atoms with E-state index in [4.69, 9.17) is 0 Å². The molecule has 1 fully saturated rings. The second-order valence-electron chi connectivity index (χ2n) is 6.51. The molecule has 2 aromatic carbocycles. The molecule has 0 bridgehead atoms. The first-order chi connectivity index (χ1) is 10.7. The Morgan fingerprint density at radius 2 is 1.41 bits per heavy atom. The van der Waals surface area contributed by atoms with Crippen molar-refractivity contribution in [2.45, 2.75) is 26.7 Å². The predicted octanol–water partition coefficient (Wildman–Crippen LogP) is 4.63. The first-order valence-electron chi connectivity index (χ1n) is 8.33. The van der Waals surface area contributed by atoms with Crippen molar-refractivity contribution in [1.29, 1.82) is 0 Å². The van der Waals surface area contributed by atoms with Crippen LogP contribution in [0.25, 0.3) is 0 Å². The maximum atomic E-state index is 3.59. The van der Waals surface area contributed by atoms with Gasteiger partial charge in [-0.15, -0.1) is 0 Å². The third-order valence-corrected chi connectivity index (χ3v) is 4.66. The average molecular weight is 294 g/mol. The monoisotopic (exact) mass is 294 g/mol.